The van der Waals surface area contributed by atoms with E-state index in [0.29, 0.717) is 5.84 Å². The molecule has 0 aliphatic carbocycles. The maximum Gasteiger partial charge on any atom is 0.159 e. The molecule has 0 saturated carbocycles. The standard InChI is InChI=1S/C40H28N4O/c1-3-10-25(11-4-1)38-42-39(26-12-5-2-6-13-26)44-40(43-38)33-19-18-31(29-14-7-8-15-30(29)33)32-16-9-17-35-37(32)34-22-28-24-41-21-20-27(28)23-36(34)45-35/h1-23,38,41H,24H2,(H,42,43,44). The molecule has 6 aromatic carbocycles. The number of hydrogen-bond acceptors (Lipinski definition) is 5. The molecule has 1 aromatic heterocycles. The summed E-state index contributed by atoms with van der Waals surface area (Å²) >= 11 is 0. The monoisotopic (exact) mass is 580 g/mol. The fourth-order valence-corrected chi connectivity index (χ4v) is 6.63. The molecule has 0 spiro atoms. The Kier molecular flexibility index (Phi) is 5.88. The summed E-state index contributed by atoms with van der Waals surface area (Å²) in [5.74, 6) is 1.52. The maximum absolute atomic E-state index is 6.42. The summed E-state index contributed by atoms with van der Waals surface area (Å²) in [6.45, 7) is 0.807. The van der Waals surface area contributed by atoms with Crippen molar-refractivity contribution >= 4 is 50.5 Å². The SMILES string of the molecule is C1=Cc2cc3oc4cccc(-c5ccc(C6=NC(c7ccccc7)=NC(c7ccccc7)N6)c6ccccc56)c4c3cc2CN1. The predicted molar refractivity (Wildman–Crippen MR) is 184 cm³/mol. The van der Waals surface area contributed by atoms with Gasteiger partial charge in [0.1, 0.15) is 23.2 Å². The van der Waals surface area contributed by atoms with Crippen LogP contribution in [0.3, 0.4) is 0 Å². The predicted octanol–water partition coefficient (Wildman–Crippen LogP) is 8.98. The molecule has 5 heteroatoms. The van der Waals surface area contributed by atoms with Crippen LogP contribution < -0.4 is 10.6 Å². The van der Waals surface area contributed by atoms with Crippen molar-refractivity contribution in [2.75, 3.05) is 0 Å². The third-order valence-corrected chi connectivity index (χ3v) is 8.79. The maximum atomic E-state index is 6.42. The molecule has 0 radical (unpaired) electrons. The Bertz CT molecular complexity index is 2350. The fourth-order valence-electron chi connectivity index (χ4n) is 6.63. The largest absolute Gasteiger partial charge is 0.456 e. The topological polar surface area (TPSA) is 61.9 Å². The van der Waals surface area contributed by atoms with Crippen molar-refractivity contribution in [2.45, 2.75) is 12.7 Å². The second-order valence-electron chi connectivity index (χ2n) is 11.5. The van der Waals surface area contributed by atoms with Gasteiger partial charge in [0, 0.05) is 28.4 Å². The van der Waals surface area contributed by atoms with Crippen LogP contribution >= 0.6 is 0 Å². The molecule has 0 bridgehead atoms. The molecular weight excluding hydrogens is 552 g/mol. The number of nitrogens with zero attached hydrogens (tertiary/aromatic N) is 2. The van der Waals surface area contributed by atoms with E-state index in [1.807, 2.05) is 42.6 Å². The third-order valence-electron chi connectivity index (χ3n) is 8.79. The summed E-state index contributed by atoms with van der Waals surface area (Å²) in [5.41, 5.74) is 9.70. The summed E-state index contributed by atoms with van der Waals surface area (Å²) in [6, 6.07) is 44.4. The molecule has 45 heavy (non-hydrogen) atoms. The van der Waals surface area contributed by atoms with Crippen LogP contribution in [-0.2, 0) is 6.54 Å². The number of amidine groups is 2. The zero-order valence-corrected chi connectivity index (χ0v) is 24.4. The normalized spacial score (nSPS) is 15.8. The highest BCUT2D eigenvalue weighted by Crippen LogP contribution is 2.41. The van der Waals surface area contributed by atoms with Crippen molar-refractivity contribution in [2.24, 2.45) is 9.98 Å². The molecule has 7 aromatic rings. The first-order valence-electron chi connectivity index (χ1n) is 15.2. The van der Waals surface area contributed by atoms with Gasteiger partial charge in [-0.05, 0) is 69.1 Å². The van der Waals surface area contributed by atoms with Gasteiger partial charge in [-0.1, -0.05) is 109 Å². The average molecular weight is 581 g/mol. The van der Waals surface area contributed by atoms with Crippen LogP contribution in [0.25, 0.3) is 49.9 Å². The van der Waals surface area contributed by atoms with E-state index in [4.69, 9.17) is 14.4 Å². The van der Waals surface area contributed by atoms with Crippen molar-refractivity contribution in [3.05, 3.63) is 161 Å². The van der Waals surface area contributed by atoms with Gasteiger partial charge in [-0.3, -0.25) is 0 Å². The number of hydrogen-bond donors (Lipinski definition) is 2. The van der Waals surface area contributed by atoms with Crippen LogP contribution in [0.5, 0.6) is 0 Å². The molecule has 0 amide bonds. The number of fused-ring (bicyclic) bond motifs is 5. The third kappa shape index (κ3) is 4.32. The number of aliphatic imine (C=N–C) groups is 2. The lowest BCUT2D eigenvalue weighted by atomic mass is 9.91. The van der Waals surface area contributed by atoms with E-state index in [9.17, 15) is 0 Å². The van der Waals surface area contributed by atoms with Gasteiger partial charge in [-0.25, -0.2) is 9.98 Å². The fraction of sp³-hybridized carbons (Fsp3) is 0.0500. The minimum absolute atomic E-state index is 0.256. The van der Waals surface area contributed by atoms with Gasteiger partial charge in [0.15, 0.2) is 5.84 Å². The Morgan fingerprint density at radius 3 is 2.24 bits per heavy atom. The smallest absolute Gasteiger partial charge is 0.159 e. The van der Waals surface area contributed by atoms with E-state index < -0.39 is 0 Å². The molecule has 2 aliphatic rings. The van der Waals surface area contributed by atoms with Crippen molar-refractivity contribution < 1.29 is 4.42 Å². The van der Waals surface area contributed by atoms with E-state index in [0.717, 1.165) is 72.9 Å². The minimum atomic E-state index is -0.256. The van der Waals surface area contributed by atoms with E-state index in [-0.39, 0.29) is 6.17 Å². The van der Waals surface area contributed by atoms with Gasteiger partial charge in [0.2, 0.25) is 0 Å². The molecule has 2 N–H and O–H groups in total. The summed E-state index contributed by atoms with van der Waals surface area (Å²) in [5, 5.41) is 11.6. The zero-order chi connectivity index (χ0) is 29.7. The van der Waals surface area contributed by atoms with Crippen molar-refractivity contribution in [3.8, 4) is 11.1 Å². The van der Waals surface area contributed by atoms with Gasteiger partial charge in [0.05, 0.1) is 0 Å². The average Bonchev–Trinajstić information content (AvgIpc) is 3.48. The van der Waals surface area contributed by atoms with E-state index in [2.05, 4.69) is 108 Å². The number of benzene rings is 6. The number of nitrogens with one attached hydrogen (secondary N) is 2. The number of rotatable bonds is 4. The van der Waals surface area contributed by atoms with Gasteiger partial charge >= 0.3 is 0 Å². The molecule has 1 unspecified atom stereocenters. The Morgan fingerprint density at radius 1 is 0.644 bits per heavy atom. The highest BCUT2D eigenvalue weighted by Gasteiger charge is 2.23. The van der Waals surface area contributed by atoms with Gasteiger partial charge < -0.3 is 15.1 Å². The minimum Gasteiger partial charge on any atom is -0.456 e. The second kappa shape index (κ2) is 10.4. The highest BCUT2D eigenvalue weighted by molar-refractivity contribution is 6.21. The Balaban J connectivity index is 1.22. The molecule has 5 nitrogen and oxygen atoms in total. The first-order chi connectivity index (χ1) is 22.3. The van der Waals surface area contributed by atoms with Crippen molar-refractivity contribution in [1.82, 2.24) is 10.6 Å². The highest BCUT2D eigenvalue weighted by atomic mass is 16.3. The lowest BCUT2D eigenvalue weighted by Crippen LogP contribution is -2.33. The Morgan fingerprint density at radius 2 is 1.40 bits per heavy atom. The molecule has 214 valence electrons. The van der Waals surface area contributed by atoms with Crippen LogP contribution in [0.4, 0.5) is 0 Å². The Hall–Kier alpha value is -5.94. The van der Waals surface area contributed by atoms with Crippen molar-refractivity contribution in [1.29, 1.82) is 0 Å². The zero-order valence-electron chi connectivity index (χ0n) is 24.4. The summed E-state index contributed by atoms with van der Waals surface area (Å²) in [6.07, 6.45) is 3.85. The molecule has 3 heterocycles. The number of furan rings is 1. The van der Waals surface area contributed by atoms with Gasteiger partial charge in [-0.15, -0.1) is 0 Å². The molecule has 1 atom stereocenters. The summed E-state index contributed by atoms with van der Waals surface area (Å²) in [7, 11) is 0. The van der Waals surface area contributed by atoms with E-state index in [1.165, 1.54) is 11.1 Å². The lowest BCUT2D eigenvalue weighted by Gasteiger charge is -2.24. The van der Waals surface area contributed by atoms with Crippen LogP contribution in [0, 0.1) is 0 Å². The Labute approximate surface area is 260 Å². The van der Waals surface area contributed by atoms with Gasteiger partial charge in [-0.2, -0.15) is 0 Å². The molecule has 0 fully saturated rings. The molecular formula is C40H28N4O. The molecule has 0 saturated heterocycles. The van der Waals surface area contributed by atoms with Crippen LogP contribution in [0.2, 0.25) is 0 Å². The molecule has 9 rings (SSSR count). The lowest BCUT2D eigenvalue weighted by molar-refractivity contribution is 0.668. The van der Waals surface area contributed by atoms with E-state index >= 15 is 0 Å². The van der Waals surface area contributed by atoms with Gasteiger partial charge in [0.25, 0.3) is 0 Å². The van der Waals surface area contributed by atoms with Crippen LogP contribution in [0.15, 0.2) is 148 Å². The quantitative estimate of drug-likeness (QED) is 0.218. The van der Waals surface area contributed by atoms with Crippen molar-refractivity contribution in [3.63, 3.8) is 0 Å². The first-order valence-corrected chi connectivity index (χ1v) is 15.2. The first kappa shape index (κ1) is 25.5. The second-order valence-corrected chi connectivity index (χ2v) is 11.5. The van der Waals surface area contributed by atoms with Crippen LogP contribution in [0.1, 0.15) is 34.0 Å². The summed E-state index contributed by atoms with van der Waals surface area (Å²) in [4.78, 5) is 10.1. The van der Waals surface area contributed by atoms with Crippen LogP contribution in [-0.4, -0.2) is 11.7 Å². The van der Waals surface area contributed by atoms with E-state index in [1.54, 1.807) is 0 Å². The summed E-state index contributed by atoms with van der Waals surface area (Å²) < 4.78 is 6.42. The molecule has 2 aliphatic heterocycles.